The van der Waals surface area contributed by atoms with Crippen molar-refractivity contribution in [2.24, 2.45) is 0 Å². The molecule has 4 rings (SSSR count). The van der Waals surface area contributed by atoms with Crippen LogP contribution in [0.3, 0.4) is 0 Å². The second-order valence-corrected chi connectivity index (χ2v) is 8.53. The van der Waals surface area contributed by atoms with E-state index >= 15 is 0 Å². The lowest BCUT2D eigenvalue weighted by atomic mass is 10.1. The molecule has 1 amide bonds. The van der Waals surface area contributed by atoms with Crippen molar-refractivity contribution < 1.29 is 4.79 Å². The van der Waals surface area contributed by atoms with E-state index in [0.717, 1.165) is 28.3 Å². The molecule has 0 unspecified atom stereocenters. The van der Waals surface area contributed by atoms with Crippen molar-refractivity contribution in [1.82, 2.24) is 9.97 Å². The number of hydrogen-bond acceptors (Lipinski definition) is 5. The Morgan fingerprint density at radius 3 is 2.24 bits per heavy atom. The number of halogens is 1. The fraction of sp³-hybridized carbons (Fsp3) is 0.148. The van der Waals surface area contributed by atoms with Gasteiger partial charge in [0.25, 0.3) is 0 Å². The van der Waals surface area contributed by atoms with Gasteiger partial charge in [-0.3, -0.25) is 4.79 Å². The molecule has 3 aromatic carbocycles. The predicted molar refractivity (Wildman–Crippen MR) is 139 cm³/mol. The lowest BCUT2D eigenvalue weighted by Gasteiger charge is -2.11. The first-order valence-electron chi connectivity index (χ1n) is 11.0. The van der Waals surface area contributed by atoms with Gasteiger partial charge in [-0.05, 0) is 74.4 Å². The van der Waals surface area contributed by atoms with Crippen molar-refractivity contribution in [2.75, 3.05) is 16.0 Å². The molecule has 0 fully saturated rings. The highest BCUT2D eigenvalue weighted by molar-refractivity contribution is 6.30. The van der Waals surface area contributed by atoms with Crippen molar-refractivity contribution in [1.29, 1.82) is 0 Å². The number of hydrogen-bond donors (Lipinski definition) is 3. The first-order chi connectivity index (χ1) is 16.4. The Hall–Kier alpha value is -3.90. The molecule has 0 spiro atoms. The van der Waals surface area contributed by atoms with Crippen LogP contribution in [0.2, 0.25) is 5.02 Å². The normalized spacial score (nSPS) is 10.6. The third kappa shape index (κ3) is 6.80. The Balaban J connectivity index is 1.34. The molecule has 0 aliphatic heterocycles. The predicted octanol–water partition coefficient (Wildman–Crippen LogP) is 6.81. The zero-order chi connectivity index (χ0) is 23.9. The Bertz CT molecular complexity index is 1270. The third-order valence-electron chi connectivity index (χ3n) is 5.13. The standard InChI is InChI=1S/C27H26ClN5O/c1-18-6-9-22(10-7-18)30-25-16-19(2)29-27(33-25)32-24-13-11-23(12-14-24)31-26(34)15-8-20-4-3-5-21(28)17-20/h3-7,9-14,16-17H,8,15H2,1-2H3,(H,31,34)(H2,29,30,32,33). The van der Waals surface area contributed by atoms with E-state index in [0.29, 0.717) is 29.6 Å². The summed E-state index contributed by atoms with van der Waals surface area (Å²) in [6.45, 7) is 3.98. The van der Waals surface area contributed by atoms with Crippen molar-refractivity contribution in [3.05, 3.63) is 101 Å². The van der Waals surface area contributed by atoms with Crippen molar-refractivity contribution in [2.45, 2.75) is 26.7 Å². The van der Waals surface area contributed by atoms with Crippen LogP contribution in [0.4, 0.5) is 28.8 Å². The van der Waals surface area contributed by atoms with Gasteiger partial charge in [-0.1, -0.05) is 41.4 Å². The summed E-state index contributed by atoms with van der Waals surface area (Å²) >= 11 is 6.00. The number of carbonyl (C=O) groups is 1. The van der Waals surface area contributed by atoms with E-state index in [9.17, 15) is 4.79 Å². The van der Waals surface area contributed by atoms with E-state index < -0.39 is 0 Å². The fourth-order valence-corrected chi connectivity index (χ4v) is 3.63. The van der Waals surface area contributed by atoms with Gasteiger partial charge in [0, 0.05) is 40.3 Å². The number of rotatable bonds is 8. The minimum absolute atomic E-state index is 0.0467. The Kier molecular flexibility index (Phi) is 7.40. The summed E-state index contributed by atoms with van der Waals surface area (Å²) in [7, 11) is 0. The molecule has 0 atom stereocenters. The molecule has 0 saturated heterocycles. The second-order valence-electron chi connectivity index (χ2n) is 8.09. The van der Waals surface area contributed by atoms with E-state index in [2.05, 4.69) is 32.8 Å². The van der Waals surface area contributed by atoms with Gasteiger partial charge in [0.2, 0.25) is 11.9 Å². The molecule has 7 heteroatoms. The van der Waals surface area contributed by atoms with Crippen LogP contribution in [0.15, 0.2) is 78.9 Å². The van der Waals surface area contributed by atoms with Crippen molar-refractivity contribution in [3.63, 3.8) is 0 Å². The van der Waals surface area contributed by atoms with Crippen LogP contribution < -0.4 is 16.0 Å². The molecule has 0 saturated carbocycles. The summed E-state index contributed by atoms with van der Waals surface area (Å²) in [6.07, 6.45) is 1.02. The van der Waals surface area contributed by atoms with E-state index in [-0.39, 0.29) is 5.91 Å². The molecule has 0 bridgehead atoms. The van der Waals surface area contributed by atoms with Gasteiger partial charge in [-0.25, -0.2) is 4.98 Å². The number of benzene rings is 3. The quantitative estimate of drug-likeness (QED) is 0.263. The van der Waals surface area contributed by atoms with Crippen LogP contribution in [0.5, 0.6) is 0 Å². The average Bonchev–Trinajstić information content (AvgIpc) is 2.80. The number of amides is 1. The fourth-order valence-electron chi connectivity index (χ4n) is 3.41. The molecular weight excluding hydrogens is 446 g/mol. The average molecular weight is 472 g/mol. The van der Waals surface area contributed by atoms with E-state index in [1.807, 2.05) is 85.8 Å². The van der Waals surface area contributed by atoms with Gasteiger partial charge in [-0.2, -0.15) is 4.98 Å². The summed E-state index contributed by atoms with van der Waals surface area (Å²) in [5.74, 6) is 1.16. The number of carbonyl (C=O) groups excluding carboxylic acids is 1. The van der Waals surface area contributed by atoms with Crippen LogP contribution in [0.25, 0.3) is 0 Å². The Morgan fingerprint density at radius 1 is 0.824 bits per heavy atom. The summed E-state index contributed by atoms with van der Waals surface area (Å²) < 4.78 is 0. The molecule has 1 heterocycles. The molecule has 0 aliphatic rings. The van der Waals surface area contributed by atoms with E-state index in [1.165, 1.54) is 5.56 Å². The van der Waals surface area contributed by atoms with Crippen molar-refractivity contribution >= 4 is 46.3 Å². The van der Waals surface area contributed by atoms with Gasteiger partial charge in [0.1, 0.15) is 5.82 Å². The lowest BCUT2D eigenvalue weighted by Crippen LogP contribution is -2.12. The molecule has 172 valence electrons. The van der Waals surface area contributed by atoms with Gasteiger partial charge >= 0.3 is 0 Å². The monoisotopic (exact) mass is 471 g/mol. The molecule has 4 aromatic rings. The minimum atomic E-state index is -0.0467. The Morgan fingerprint density at radius 2 is 1.50 bits per heavy atom. The summed E-state index contributed by atoms with van der Waals surface area (Å²) in [5, 5.41) is 10.1. The SMILES string of the molecule is Cc1ccc(Nc2cc(C)nc(Nc3ccc(NC(=O)CCc4cccc(Cl)c4)cc3)n2)cc1. The first kappa shape index (κ1) is 23.3. The number of nitrogens with zero attached hydrogens (tertiary/aromatic N) is 2. The van der Waals surface area contributed by atoms with Crippen LogP contribution in [0, 0.1) is 13.8 Å². The molecular formula is C27H26ClN5O. The van der Waals surface area contributed by atoms with E-state index in [1.54, 1.807) is 0 Å². The van der Waals surface area contributed by atoms with Gasteiger partial charge in [-0.15, -0.1) is 0 Å². The highest BCUT2D eigenvalue weighted by Crippen LogP contribution is 2.21. The molecule has 34 heavy (non-hydrogen) atoms. The maximum absolute atomic E-state index is 12.3. The van der Waals surface area contributed by atoms with E-state index in [4.69, 9.17) is 11.6 Å². The third-order valence-corrected chi connectivity index (χ3v) is 5.37. The molecule has 0 aliphatic carbocycles. The number of aryl methyl sites for hydroxylation is 3. The second kappa shape index (κ2) is 10.8. The summed E-state index contributed by atoms with van der Waals surface area (Å²) in [4.78, 5) is 21.3. The number of nitrogens with one attached hydrogen (secondary N) is 3. The molecule has 6 nitrogen and oxygen atoms in total. The highest BCUT2D eigenvalue weighted by atomic mass is 35.5. The lowest BCUT2D eigenvalue weighted by molar-refractivity contribution is -0.116. The number of aromatic nitrogens is 2. The molecule has 1 aromatic heterocycles. The maximum atomic E-state index is 12.3. The zero-order valence-corrected chi connectivity index (χ0v) is 19.9. The van der Waals surface area contributed by atoms with Crippen LogP contribution >= 0.6 is 11.6 Å². The van der Waals surface area contributed by atoms with Gasteiger partial charge in [0.15, 0.2) is 0 Å². The topological polar surface area (TPSA) is 78.9 Å². The number of anilines is 5. The summed E-state index contributed by atoms with van der Waals surface area (Å²) in [6, 6.07) is 25.0. The molecule has 3 N–H and O–H groups in total. The summed E-state index contributed by atoms with van der Waals surface area (Å²) in [5.41, 5.74) is 5.60. The van der Waals surface area contributed by atoms with Crippen LogP contribution in [-0.2, 0) is 11.2 Å². The molecule has 0 radical (unpaired) electrons. The largest absolute Gasteiger partial charge is 0.340 e. The van der Waals surface area contributed by atoms with Crippen LogP contribution in [0.1, 0.15) is 23.2 Å². The maximum Gasteiger partial charge on any atom is 0.229 e. The van der Waals surface area contributed by atoms with Crippen molar-refractivity contribution in [3.8, 4) is 0 Å². The highest BCUT2D eigenvalue weighted by Gasteiger charge is 2.06. The zero-order valence-electron chi connectivity index (χ0n) is 19.1. The van der Waals surface area contributed by atoms with Crippen LogP contribution in [-0.4, -0.2) is 15.9 Å². The Labute approximate surface area is 204 Å². The van der Waals surface area contributed by atoms with Gasteiger partial charge in [0.05, 0.1) is 0 Å². The smallest absolute Gasteiger partial charge is 0.229 e. The van der Waals surface area contributed by atoms with Gasteiger partial charge < -0.3 is 16.0 Å². The first-order valence-corrected chi connectivity index (χ1v) is 11.4. The minimum Gasteiger partial charge on any atom is -0.340 e.